The summed E-state index contributed by atoms with van der Waals surface area (Å²) in [5.41, 5.74) is 4.99. The van der Waals surface area contributed by atoms with E-state index in [2.05, 4.69) is 5.32 Å². The normalized spacial score (nSPS) is 18.7. The van der Waals surface area contributed by atoms with Gasteiger partial charge >= 0.3 is 0 Å². The monoisotopic (exact) mass is 431 g/mol. The fourth-order valence-electron chi connectivity index (χ4n) is 4.85. The van der Waals surface area contributed by atoms with Gasteiger partial charge in [0, 0.05) is 50.3 Å². The van der Waals surface area contributed by atoms with Crippen molar-refractivity contribution in [3.05, 3.63) is 58.4 Å². The number of hydrogen-bond donors (Lipinski definition) is 1. The summed E-state index contributed by atoms with van der Waals surface area (Å²) >= 11 is 0. The second-order valence-electron chi connectivity index (χ2n) is 9.06. The van der Waals surface area contributed by atoms with Gasteiger partial charge in [-0.3, -0.25) is 14.3 Å². The molecule has 5 rings (SSSR count). The maximum absolute atomic E-state index is 13.2. The van der Waals surface area contributed by atoms with E-state index in [-0.39, 0.29) is 17.7 Å². The first-order valence-corrected chi connectivity index (χ1v) is 11.4. The van der Waals surface area contributed by atoms with Crippen LogP contribution >= 0.6 is 0 Å². The van der Waals surface area contributed by atoms with Crippen molar-refractivity contribution in [2.45, 2.75) is 44.4 Å². The summed E-state index contributed by atoms with van der Waals surface area (Å²) in [6.45, 7) is 3.30. The van der Waals surface area contributed by atoms with Crippen molar-refractivity contribution in [3.8, 4) is 0 Å². The zero-order valence-electron chi connectivity index (χ0n) is 18.9. The van der Waals surface area contributed by atoms with Crippen LogP contribution < -0.4 is 5.32 Å². The van der Waals surface area contributed by atoms with Gasteiger partial charge in [0.1, 0.15) is 0 Å². The first-order valence-electron chi connectivity index (χ1n) is 11.4. The van der Waals surface area contributed by atoms with Crippen molar-refractivity contribution in [1.29, 1.82) is 0 Å². The molecule has 7 nitrogen and oxygen atoms in total. The van der Waals surface area contributed by atoms with Crippen molar-refractivity contribution in [1.82, 2.24) is 25.0 Å². The van der Waals surface area contributed by atoms with Crippen LogP contribution in [-0.2, 0) is 7.05 Å². The molecule has 2 aliphatic rings. The van der Waals surface area contributed by atoms with Crippen molar-refractivity contribution in [3.63, 3.8) is 0 Å². The van der Waals surface area contributed by atoms with E-state index in [0.717, 1.165) is 65.8 Å². The zero-order valence-corrected chi connectivity index (χ0v) is 18.9. The van der Waals surface area contributed by atoms with Gasteiger partial charge in [0.2, 0.25) is 0 Å². The van der Waals surface area contributed by atoms with Crippen molar-refractivity contribution < 1.29 is 9.59 Å². The van der Waals surface area contributed by atoms with Crippen molar-refractivity contribution in [2.24, 2.45) is 7.05 Å². The standard InChI is InChI=1S/C25H29N5O2/c1-15-7-4-5-9-18(15)25(32)30-12-6-8-17(14-30)22-21-19(24(31)26-2)13-20(16-10-11-16)27-23(21)29(3)28-22/h4-5,7,9,13,16-17H,6,8,10-12,14H2,1-3H3,(H,26,31). The molecule has 1 aromatic carbocycles. The number of benzene rings is 1. The highest BCUT2D eigenvalue weighted by molar-refractivity contribution is 6.06. The molecular formula is C25H29N5O2. The minimum absolute atomic E-state index is 0.0636. The van der Waals surface area contributed by atoms with Crippen molar-refractivity contribution >= 4 is 22.8 Å². The molecule has 2 fully saturated rings. The zero-order chi connectivity index (χ0) is 22.4. The Morgan fingerprint density at radius 1 is 1.09 bits per heavy atom. The summed E-state index contributed by atoms with van der Waals surface area (Å²) in [5.74, 6) is 0.460. The molecule has 1 unspecified atom stereocenters. The van der Waals surface area contributed by atoms with Crippen LogP contribution in [0.5, 0.6) is 0 Å². The van der Waals surface area contributed by atoms with E-state index in [9.17, 15) is 9.59 Å². The number of amides is 2. The number of pyridine rings is 1. The molecule has 1 aliphatic carbocycles. The second-order valence-corrected chi connectivity index (χ2v) is 9.06. The van der Waals surface area contributed by atoms with E-state index < -0.39 is 0 Å². The highest BCUT2D eigenvalue weighted by Crippen LogP contribution is 2.41. The minimum Gasteiger partial charge on any atom is -0.355 e. The quantitative estimate of drug-likeness (QED) is 0.685. The van der Waals surface area contributed by atoms with Crippen LogP contribution in [0, 0.1) is 6.92 Å². The van der Waals surface area contributed by atoms with E-state index in [1.165, 1.54) is 0 Å². The molecule has 1 saturated heterocycles. The Balaban J connectivity index is 1.53. The Labute approximate surface area is 187 Å². The Morgan fingerprint density at radius 2 is 1.88 bits per heavy atom. The molecular weight excluding hydrogens is 402 g/mol. The molecule has 2 amide bonds. The Morgan fingerprint density at radius 3 is 2.59 bits per heavy atom. The second kappa shape index (κ2) is 8.04. The Hall–Kier alpha value is -3.22. The van der Waals surface area contributed by atoms with E-state index in [0.29, 0.717) is 18.0 Å². The molecule has 0 spiro atoms. The third-order valence-corrected chi connectivity index (χ3v) is 6.78. The maximum atomic E-state index is 13.2. The lowest BCUT2D eigenvalue weighted by molar-refractivity contribution is 0.0705. The van der Waals surface area contributed by atoms with E-state index in [1.807, 2.05) is 49.2 Å². The van der Waals surface area contributed by atoms with Crippen LogP contribution in [0.15, 0.2) is 30.3 Å². The number of nitrogens with zero attached hydrogens (tertiary/aromatic N) is 4. The Kier molecular flexibility index (Phi) is 5.19. The van der Waals surface area contributed by atoms with Crippen LogP contribution in [0.4, 0.5) is 0 Å². The third-order valence-electron chi connectivity index (χ3n) is 6.78. The van der Waals surface area contributed by atoms with Gasteiger partial charge in [-0.25, -0.2) is 4.98 Å². The van der Waals surface area contributed by atoms with Crippen LogP contribution in [0.3, 0.4) is 0 Å². The fraction of sp³-hybridized carbons (Fsp3) is 0.440. The van der Waals surface area contributed by atoms with Crippen LogP contribution in [0.1, 0.15) is 75.2 Å². The molecule has 1 N–H and O–H groups in total. The topological polar surface area (TPSA) is 80.1 Å². The predicted octanol–water partition coefficient (Wildman–Crippen LogP) is 3.53. The van der Waals surface area contributed by atoms with Crippen LogP contribution in [0.25, 0.3) is 11.0 Å². The molecule has 1 saturated carbocycles. The average molecular weight is 432 g/mol. The van der Waals surface area contributed by atoms with Gasteiger partial charge in [-0.2, -0.15) is 5.10 Å². The lowest BCUT2D eigenvalue weighted by atomic mass is 9.91. The molecule has 0 bridgehead atoms. The SMILES string of the molecule is CNC(=O)c1cc(C2CC2)nc2c1c(C1CCCN(C(=O)c3ccccc3C)C1)nn2C. The van der Waals surface area contributed by atoms with E-state index >= 15 is 0 Å². The number of carbonyl (C=O) groups excluding carboxylic acids is 2. The molecule has 166 valence electrons. The first kappa shape index (κ1) is 20.7. The third kappa shape index (κ3) is 3.55. The number of carbonyl (C=O) groups is 2. The largest absolute Gasteiger partial charge is 0.355 e. The van der Waals surface area contributed by atoms with Gasteiger partial charge < -0.3 is 10.2 Å². The Bertz CT molecular complexity index is 1210. The lowest BCUT2D eigenvalue weighted by Gasteiger charge is -2.32. The molecule has 2 aromatic heterocycles. The predicted molar refractivity (Wildman–Crippen MR) is 123 cm³/mol. The maximum Gasteiger partial charge on any atom is 0.254 e. The molecule has 32 heavy (non-hydrogen) atoms. The van der Waals surface area contributed by atoms with Crippen LogP contribution in [0.2, 0.25) is 0 Å². The van der Waals surface area contributed by atoms with Gasteiger partial charge in [-0.1, -0.05) is 18.2 Å². The molecule has 1 atom stereocenters. The van der Waals surface area contributed by atoms with E-state index in [1.54, 1.807) is 11.7 Å². The van der Waals surface area contributed by atoms with E-state index in [4.69, 9.17) is 10.1 Å². The molecule has 7 heteroatoms. The smallest absolute Gasteiger partial charge is 0.254 e. The van der Waals surface area contributed by atoms with Gasteiger partial charge in [0.25, 0.3) is 11.8 Å². The van der Waals surface area contributed by atoms with Gasteiger partial charge in [0.05, 0.1) is 16.6 Å². The molecule has 1 aliphatic heterocycles. The summed E-state index contributed by atoms with van der Waals surface area (Å²) in [6, 6.07) is 9.67. The summed E-state index contributed by atoms with van der Waals surface area (Å²) in [6.07, 6.45) is 4.08. The van der Waals surface area contributed by atoms with Gasteiger partial charge in [-0.15, -0.1) is 0 Å². The lowest BCUT2D eigenvalue weighted by Crippen LogP contribution is -2.39. The fourth-order valence-corrected chi connectivity index (χ4v) is 4.85. The molecule has 3 aromatic rings. The van der Waals surface area contributed by atoms with Crippen LogP contribution in [-0.4, -0.2) is 51.6 Å². The highest BCUT2D eigenvalue weighted by atomic mass is 16.2. The number of fused-ring (bicyclic) bond motifs is 1. The summed E-state index contributed by atoms with van der Waals surface area (Å²) in [5, 5.41) is 8.44. The number of nitrogens with one attached hydrogen (secondary N) is 1. The number of aryl methyl sites for hydroxylation is 2. The minimum atomic E-state index is -0.114. The molecule has 0 radical (unpaired) electrons. The molecule has 3 heterocycles. The summed E-state index contributed by atoms with van der Waals surface area (Å²) in [7, 11) is 3.55. The van der Waals surface area contributed by atoms with Crippen molar-refractivity contribution in [2.75, 3.05) is 20.1 Å². The average Bonchev–Trinajstić information content (AvgIpc) is 3.62. The number of piperidine rings is 1. The number of aromatic nitrogens is 3. The highest BCUT2D eigenvalue weighted by Gasteiger charge is 2.33. The summed E-state index contributed by atoms with van der Waals surface area (Å²) in [4.78, 5) is 32.9. The first-order chi connectivity index (χ1) is 15.5. The van der Waals surface area contributed by atoms with Gasteiger partial charge in [0.15, 0.2) is 5.65 Å². The van der Waals surface area contributed by atoms with Gasteiger partial charge in [-0.05, 0) is 50.3 Å². The number of rotatable bonds is 4. The number of hydrogen-bond acceptors (Lipinski definition) is 4. The number of likely N-dealkylation sites (tertiary alicyclic amines) is 1. The summed E-state index contributed by atoms with van der Waals surface area (Å²) < 4.78 is 1.80.